The van der Waals surface area contributed by atoms with E-state index in [0.717, 1.165) is 19.5 Å². The molecule has 2 atom stereocenters. The van der Waals surface area contributed by atoms with Crippen molar-refractivity contribution in [3.63, 3.8) is 0 Å². The molecule has 0 radical (unpaired) electrons. The van der Waals surface area contributed by atoms with Gasteiger partial charge in [0.1, 0.15) is 0 Å². The second-order valence-corrected chi connectivity index (χ2v) is 5.65. The fourth-order valence-corrected chi connectivity index (χ4v) is 2.58. The quantitative estimate of drug-likeness (QED) is 0.776. The normalized spacial score (nSPS) is 23.2. The minimum atomic E-state index is 0.171. The smallest absolute Gasteiger partial charge is 0.232 e. The van der Waals surface area contributed by atoms with E-state index in [4.69, 9.17) is 10.5 Å². The fraction of sp³-hybridized carbons (Fsp3) is 0.909. The van der Waals surface area contributed by atoms with Crippen molar-refractivity contribution in [1.82, 2.24) is 4.90 Å². The Morgan fingerprint density at radius 1 is 1.69 bits per heavy atom. The lowest BCUT2D eigenvalue weighted by molar-refractivity contribution is -0.135. The average molecular weight is 246 g/mol. The monoisotopic (exact) mass is 246 g/mol. The third-order valence-corrected chi connectivity index (χ3v) is 3.88. The standard InChI is InChI=1S/C11H22N2O2S/c1-9-7-13(5-6-15-9)11(14)8-16-10(2)3-4-12/h9-10H,3-8,12H2,1-2H3. The number of hydrogen-bond acceptors (Lipinski definition) is 4. The highest BCUT2D eigenvalue weighted by Gasteiger charge is 2.21. The summed E-state index contributed by atoms with van der Waals surface area (Å²) in [6.45, 7) is 6.93. The molecule has 0 saturated carbocycles. The van der Waals surface area contributed by atoms with E-state index in [1.54, 1.807) is 11.8 Å². The first kappa shape index (κ1) is 13.8. The van der Waals surface area contributed by atoms with Gasteiger partial charge in [-0.3, -0.25) is 4.79 Å². The summed E-state index contributed by atoms with van der Waals surface area (Å²) in [5.41, 5.74) is 5.47. The SMILES string of the molecule is CC1CN(C(=O)CSC(C)CCN)CCO1. The van der Waals surface area contributed by atoms with Crippen LogP contribution in [0.3, 0.4) is 0 Å². The summed E-state index contributed by atoms with van der Waals surface area (Å²) in [6.07, 6.45) is 1.14. The number of thioether (sulfide) groups is 1. The molecule has 4 nitrogen and oxygen atoms in total. The van der Waals surface area contributed by atoms with Crippen LogP contribution in [0.4, 0.5) is 0 Å². The van der Waals surface area contributed by atoms with Crippen molar-refractivity contribution in [3.05, 3.63) is 0 Å². The summed E-state index contributed by atoms with van der Waals surface area (Å²) >= 11 is 1.69. The van der Waals surface area contributed by atoms with E-state index in [9.17, 15) is 4.79 Å². The third-order valence-electron chi connectivity index (χ3n) is 2.66. The molecule has 1 rings (SSSR count). The number of carbonyl (C=O) groups excluding carboxylic acids is 1. The first-order valence-corrected chi connectivity index (χ1v) is 6.89. The predicted molar refractivity (Wildman–Crippen MR) is 67.6 cm³/mol. The fourth-order valence-electron chi connectivity index (χ4n) is 1.67. The molecule has 1 amide bonds. The Morgan fingerprint density at radius 3 is 3.06 bits per heavy atom. The van der Waals surface area contributed by atoms with Crippen molar-refractivity contribution in [3.8, 4) is 0 Å². The molecule has 1 aliphatic heterocycles. The maximum absolute atomic E-state index is 11.9. The molecule has 0 aromatic rings. The van der Waals surface area contributed by atoms with Gasteiger partial charge in [0.05, 0.1) is 18.5 Å². The minimum Gasteiger partial charge on any atom is -0.375 e. The Kier molecular flexibility index (Phi) is 6.16. The van der Waals surface area contributed by atoms with E-state index in [-0.39, 0.29) is 12.0 Å². The van der Waals surface area contributed by atoms with Crippen LogP contribution in [0.5, 0.6) is 0 Å². The van der Waals surface area contributed by atoms with Crippen molar-refractivity contribution in [2.75, 3.05) is 32.0 Å². The molecule has 2 N–H and O–H groups in total. The van der Waals surface area contributed by atoms with E-state index >= 15 is 0 Å². The minimum absolute atomic E-state index is 0.171. The van der Waals surface area contributed by atoms with E-state index in [0.29, 0.717) is 24.2 Å². The summed E-state index contributed by atoms with van der Waals surface area (Å²) in [6, 6.07) is 0. The number of nitrogens with two attached hydrogens (primary N) is 1. The summed E-state index contributed by atoms with van der Waals surface area (Å²) in [5.74, 6) is 0.789. The van der Waals surface area contributed by atoms with Crippen LogP contribution in [0.2, 0.25) is 0 Å². The van der Waals surface area contributed by atoms with Crippen LogP contribution < -0.4 is 5.73 Å². The molecular formula is C11H22N2O2S. The van der Waals surface area contributed by atoms with Crippen LogP contribution in [0, 0.1) is 0 Å². The molecule has 0 aromatic carbocycles. The number of nitrogens with zero attached hydrogens (tertiary/aromatic N) is 1. The van der Waals surface area contributed by atoms with Crippen LogP contribution >= 0.6 is 11.8 Å². The van der Waals surface area contributed by atoms with Gasteiger partial charge in [-0.15, -0.1) is 11.8 Å². The molecule has 1 heterocycles. The van der Waals surface area contributed by atoms with Gasteiger partial charge in [-0.2, -0.15) is 0 Å². The third kappa shape index (κ3) is 4.72. The molecule has 0 spiro atoms. The first-order valence-electron chi connectivity index (χ1n) is 5.84. The zero-order valence-electron chi connectivity index (χ0n) is 10.1. The summed E-state index contributed by atoms with van der Waals surface area (Å²) in [4.78, 5) is 13.8. The second kappa shape index (κ2) is 7.14. The molecule has 94 valence electrons. The molecule has 2 unspecified atom stereocenters. The second-order valence-electron chi connectivity index (χ2n) is 4.22. The average Bonchev–Trinajstić information content (AvgIpc) is 2.26. The van der Waals surface area contributed by atoms with Gasteiger partial charge in [-0.05, 0) is 19.9 Å². The lowest BCUT2D eigenvalue weighted by atomic mass is 10.3. The number of hydrogen-bond donors (Lipinski definition) is 1. The van der Waals surface area contributed by atoms with Gasteiger partial charge in [0.2, 0.25) is 5.91 Å². The van der Waals surface area contributed by atoms with E-state index < -0.39 is 0 Å². The van der Waals surface area contributed by atoms with Crippen molar-refractivity contribution in [2.45, 2.75) is 31.6 Å². The number of carbonyl (C=O) groups is 1. The van der Waals surface area contributed by atoms with Crippen LogP contribution in [0.25, 0.3) is 0 Å². The van der Waals surface area contributed by atoms with Gasteiger partial charge in [-0.25, -0.2) is 0 Å². The van der Waals surface area contributed by atoms with E-state index in [2.05, 4.69) is 6.92 Å². The van der Waals surface area contributed by atoms with Crippen molar-refractivity contribution < 1.29 is 9.53 Å². The van der Waals surface area contributed by atoms with E-state index in [1.165, 1.54) is 0 Å². The molecule has 1 saturated heterocycles. The zero-order chi connectivity index (χ0) is 12.0. The highest BCUT2D eigenvalue weighted by molar-refractivity contribution is 8.00. The lowest BCUT2D eigenvalue weighted by Crippen LogP contribution is -2.45. The Balaban J connectivity index is 2.23. The Labute approximate surface area is 102 Å². The maximum Gasteiger partial charge on any atom is 0.232 e. The molecule has 0 bridgehead atoms. The van der Waals surface area contributed by atoms with Gasteiger partial charge >= 0.3 is 0 Å². The molecule has 0 aromatic heterocycles. The summed E-state index contributed by atoms with van der Waals surface area (Å²) in [5, 5.41) is 0.465. The van der Waals surface area contributed by atoms with Crippen molar-refractivity contribution >= 4 is 17.7 Å². The predicted octanol–water partition coefficient (Wildman–Crippen LogP) is 0.704. The number of ether oxygens (including phenoxy) is 1. The highest BCUT2D eigenvalue weighted by Crippen LogP contribution is 2.15. The summed E-state index contributed by atoms with van der Waals surface area (Å²) in [7, 11) is 0. The lowest BCUT2D eigenvalue weighted by Gasteiger charge is -2.31. The van der Waals surface area contributed by atoms with Crippen LogP contribution in [-0.2, 0) is 9.53 Å². The summed E-state index contributed by atoms with van der Waals surface area (Å²) < 4.78 is 5.41. The number of amides is 1. The molecular weight excluding hydrogens is 224 g/mol. The Hall–Kier alpha value is -0.260. The number of rotatable bonds is 5. The van der Waals surface area contributed by atoms with Gasteiger partial charge in [-0.1, -0.05) is 6.92 Å². The van der Waals surface area contributed by atoms with Crippen LogP contribution in [0.1, 0.15) is 20.3 Å². The topological polar surface area (TPSA) is 55.6 Å². The maximum atomic E-state index is 11.9. The van der Waals surface area contributed by atoms with Gasteiger partial charge in [0.15, 0.2) is 0 Å². The zero-order valence-corrected chi connectivity index (χ0v) is 11.0. The van der Waals surface area contributed by atoms with E-state index in [1.807, 2.05) is 11.8 Å². The first-order chi connectivity index (χ1) is 7.63. The molecule has 1 aliphatic rings. The van der Waals surface area contributed by atoms with Gasteiger partial charge in [0.25, 0.3) is 0 Å². The molecule has 16 heavy (non-hydrogen) atoms. The van der Waals surface area contributed by atoms with Crippen LogP contribution in [-0.4, -0.2) is 54.2 Å². The largest absolute Gasteiger partial charge is 0.375 e. The van der Waals surface area contributed by atoms with Gasteiger partial charge in [0, 0.05) is 18.3 Å². The Morgan fingerprint density at radius 2 is 2.44 bits per heavy atom. The Bertz CT molecular complexity index is 226. The molecule has 5 heteroatoms. The van der Waals surface area contributed by atoms with Crippen molar-refractivity contribution in [2.24, 2.45) is 5.73 Å². The highest BCUT2D eigenvalue weighted by atomic mass is 32.2. The number of morpholine rings is 1. The van der Waals surface area contributed by atoms with Crippen LogP contribution in [0.15, 0.2) is 0 Å². The van der Waals surface area contributed by atoms with Crippen molar-refractivity contribution in [1.29, 1.82) is 0 Å². The molecule has 1 fully saturated rings. The van der Waals surface area contributed by atoms with Gasteiger partial charge < -0.3 is 15.4 Å². The molecule has 0 aliphatic carbocycles.